The van der Waals surface area contributed by atoms with Gasteiger partial charge in [-0.2, -0.15) is 0 Å². The van der Waals surface area contributed by atoms with Gasteiger partial charge in [0.05, 0.1) is 12.2 Å². The third-order valence-electron chi connectivity index (χ3n) is 1.02. The van der Waals surface area contributed by atoms with Crippen molar-refractivity contribution in [2.75, 3.05) is 13.2 Å². The van der Waals surface area contributed by atoms with Crippen LogP contribution in [0.4, 0.5) is 9.59 Å². The van der Waals surface area contributed by atoms with Gasteiger partial charge in [-0.3, -0.25) is 0 Å². The predicted octanol–water partition coefficient (Wildman–Crippen LogP) is -0.903. The Kier molecular flexibility index (Phi) is 10.5. The number of carbonyl (C=O) groups is 2. The van der Waals surface area contributed by atoms with Crippen molar-refractivity contribution >= 4 is 12.2 Å². The number of hydrogen-bond donors (Lipinski definition) is 5. The first kappa shape index (κ1) is 16.9. The van der Waals surface area contributed by atoms with Crippen molar-refractivity contribution in [1.29, 1.82) is 0 Å². The van der Waals surface area contributed by atoms with Gasteiger partial charge >= 0.3 is 12.2 Å². The van der Waals surface area contributed by atoms with Crippen LogP contribution in [0.3, 0.4) is 0 Å². The molecule has 0 aliphatic rings. The molecule has 6 N–H and O–H groups in total. The van der Waals surface area contributed by atoms with Crippen molar-refractivity contribution < 1.29 is 29.6 Å². The molecule has 0 aliphatic carbocycles. The summed E-state index contributed by atoms with van der Waals surface area (Å²) in [6, 6.07) is 0. The summed E-state index contributed by atoms with van der Waals surface area (Å²) in [6.07, 6.45) is -3.20. The van der Waals surface area contributed by atoms with Gasteiger partial charge in [-0.15, -0.1) is 0 Å². The molecule has 0 aliphatic heterocycles. The monoisotopic (exact) mass is 238 g/mol. The van der Waals surface area contributed by atoms with Gasteiger partial charge in [-0.25, -0.2) is 9.59 Å². The van der Waals surface area contributed by atoms with Crippen molar-refractivity contribution in [1.82, 2.24) is 5.32 Å². The molecule has 0 heterocycles. The molecule has 0 saturated carbocycles. The summed E-state index contributed by atoms with van der Waals surface area (Å²) in [7, 11) is 0. The summed E-state index contributed by atoms with van der Waals surface area (Å²) in [5.41, 5.74) is 4.57. The number of carbonyl (C=O) groups excluding carboxylic acids is 1. The molecule has 0 rings (SSSR count). The summed E-state index contributed by atoms with van der Waals surface area (Å²) in [5.74, 6) is 0. The van der Waals surface area contributed by atoms with Gasteiger partial charge in [0.2, 0.25) is 0 Å². The molecule has 0 aromatic heterocycles. The Morgan fingerprint density at radius 3 is 1.94 bits per heavy atom. The molecule has 0 bridgehead atoms. The molecule has 0 spiro atoms. The van der Waals surface area contributed by atoms with Crippen molar-refractivity contribution in [2.45, 2.75) is 26.1 Å². The molecule has 16 heavy (non-hydrogen) atoms. The molecule has 0 fully saturated rings. The number of rotatable bonds is 4. The maximum atomic E-state index is 9.79. The normalized spacial score (nSPS) is 12.8. The van der Waals surface area contributed by atoms with Crippen molar-refractivity contribution in [2.24, 2.45) is 5.73 Å². The molecule has 0 radical (unpaired) electrons. The second-order valence-corrected chi connectivity index (χ2v) is 3.01. The highest BCUT2D eigenvalue weighted by Crippen LogP contribution is 1.80. The fraction of sp³-hybridized carbons (Fsp3) is 0.750. The topological polar surface area (TPSA) is 142 Å². The largest absolute Gasteiger partial charge is 0.465 e. The van der Waals surface area contributed by atoms with Crippen LogP contribution < -0.4 is 11.1 Å². The minimum Gasteiger partial charge on any atom is -0.465 e. The van der Waals surface area contributed by atoms with Crippen molar-refractivity contribution in [3.8, 4) is 0 Å². The van der Waals surface area contributed by atoms with Gasteiger partial charge in [0.15, 0.2) is 0 Å². The lowest BCUT2D eigenvalue weighted by Gasteiger charge is -2.01. The maximum absolute atomic E-state index is 9.79. The number of ether oxygens (including phenoxy) is 1. The number of aliphatic hydroxyl groups is 2. The summed E-state index contributed by atoms with van der Waals surface area (Å²) >= 11 is 0. The van der Waals surface area contributed by atoms with Crippen LogP contribution in [0.25, 0.3) is 0 Å². The van der Waals surface area contributed by atoms with E-state index in [9.17, 15) is 9.59 Å². The molecule has 8 nitrogen and oxygen atoms in total. The molecule has 8 heteroatoms. The Hall–Kier alpha value is -1.54. The first-order chi connectivity index (χ1) is 7.25. The van der Waals surface area contributed by atoms with E-state index in [-0.39, 0.29) is 13.2 Å². The van der Waals surface area contributed by atoms with Crippen molar-refractivity contribution in [3.63, 3.8) is 0 Å². The molecule has 0 aromatic carbocycles. The summed E-state index contributed by atoms with van der Waals surface area (Å²) in [5, 5.41) is 26.9. The summed E-state index contributed by atoms with van der Waals surface area (Å²) in [4.78, 5) is 19.5. The highest BCUT2D eigenvalue weighted by atomic mass is 16.6. The number of aliphatic hydroxyl groups excluding tert-OH is 2. The molecule has 0 aromatic rings. The van der Waals surface area contributed by atoms with E-state index in [0.717, 1.165) is 0 Å². The quantitative estimate of drug-likeness (QED) is 0.429. The molecule has 2 amide bonds. The van der Waals surface area contributed by atoms with Crippen LogP contribution in [-0.4, -0.2) is 52.9 Å². The molecular weight excluding hydrogens is 220 g/mol. The van der Waals surface area contributed by atoms with Crippen LogP contribution in [0.15, 0.2) is 0 Å². The first-order valence-corrected chi connectivity index (χ1v) is 4.50. The number of amides is 2. The third kappa shape index (κ3) is 22.9. The van der Waals surface area contributed by atoms with Crippen LogP contribution in [0.2, 0.25) is 0 Å². The van der Waals surface area contributed by atoms with Gasteiger partial charge < -0.3 is 31.1 Å². The Labute approximate surface area is 93.0 Å². The van der Waals surface area contributed by atoms with Crippen LogP contribution in [0, 0.1) is 0 Å². The number of primary amides is 1. The smallest absolute Gasteiger partial charge is 0.404 e. The number of carboxylic acid groups (broad SMARTS) is 1. The molecule has 2 atom stereocenters. The van der Waals surface area contributed by atoms with Gasteiger partial charge in [0, 0.05) is 6.54 Å². The van der Waals surface area contributed by atoms with Gasteiger partial charge in [0.1, 0.15) is 6.61 Å². The highest BCUT2D eigenvalue weighted by molar-refractivity contribution is 5.64. The second-order valence-electron chi connectivity index (χ2n) is 3.01. The molecule has 96 valence electrons. The van der Waals surface area contributed by atoms with Gasteiger partial charge in [-0.1, -0.05) is 0 Å². The van der Waals surface area contributed by atoms with E-state index in [2.05, 4.69) is 10.5 Å². The minimum absolute atomic E-state index is 0.0324. The SMILES string of the molecule is CC(O)CNC(=O)O.CC(O)COC(N)=O. The number of nitrogens with two attached hydrogens (primary N) is 1. The Morgan fingerprint density at radius 1 is 1.31 bits per heavy atom. The third-order valence-corrected chi connectivity index (χ3v) is 1.02. The number of nitrogens with one attached hydrogen (secondary N) is 1. The fourth-order valence-corrected chi connectivity index (χ4v) is 0.438. The van der Waals surface area contributed by atoms with Crippen LogP contribution >= 0.6 is 0 Å². The second kappa shape index (κ2) is 9.99. The zero-order chi connectivity index (χ0) is 13.1. The van der Waals surface area contributed by atoms with E-state index in [1.54, 1.807) is 0 Å². The lowest BCUT2D eigenvalue weighted by molar-refractivity contribution is 0.0833. The highest BCUT2D eigenvalue weighted by Gasteiger charge is 1.97. The maximum Gasteiger partial charge on any atom is 0.404 e. The minimum atomic E-state index is -1.11. The molecule has 0 saturated heterocycles. The van der Waals surface area contributed by atoms with E-state index in [1.807, 2.05) is 5.32 Å². The zero-order valence-corrected chi connectivity index (χ0v) is 9.21. The zero-order valence-electron chi connectivity index (χ0n) is 9.21. The Morgan fingerprint density at radius 2 is 1.81 bits per heavy atom. The summed E-state index contributed by atoms with van der Waals surface area (Å²) in [6.45, 7) is 3.07. The lowest BCUT2D eigenvalue weighted by Crippen LogP contribution is -2.28. The van der Waals surface area contributed by atoms with Crippen LogP contribution in [-0.2, 0) is 4.74 Å². The van der Waals surface area contributed by atoms with Gasteiger partial charge in [0.25, 0.3) is 0 Å². The van der Waals surface area contributed by atoms with Crippen molar-refractivity contribution in [3.05, 3.63) is 0 Å². The van der Waals surface area contributed by atoms with Gasteiger partial charge in [-0.05, 0) is 13.8 Å². The first-order valence-electron chi connectivity index (χ1n) is 4.50. The van der Waals surface area contributed by atoms with E-state index in [1.165, 1.54) is 13.8 Å². The average Bonchev–Trinajstić information content (AvgIpc) is 2.12. The van der Waals surface area contributed by atoms with E-state index in [0.29, 0.717) is 0 Å². The Bertz CT molecular complexity index is 185. The Balaban J connectivity index is 0. The lowest BCUT2D eigenvalue weighted by atomic mass is 10.4. The van der Waals surface area contributed by atoms with E-state index < -0.39 is 24.4 Å². The average molecular weight is 238 g/mol. The van der Waals surface area contributed by atoms with Crippen LogP contribution in [0.1, 0.15) is 13.8 Å². The number of hydrogen-bond acceptors (Lipinski definition) is 5. The van der Waals surface area contributed by atoms with E-state index >= 15 is 0 Å². The fourth-order valence-electron chi connectivity index (χ4n) is 0.438. The standard InChI is InChI=1S/2C4H9NO3/c1-3(6)2-8-4(5)7;1-3(6)2-5-4(7)8/h3,6H,2H2,1H3,(H2,5,7);3,5-6H,2H2,1H3,(H,7,8). The van der Waals surface area contributed by atoms with Crippen LogP contribution in [0.5, 0.6) is 0 Å². The summed E-state index contributed by atoms with van der Waals surface area (Å²) < 4.78 is 4.19. The van der Waals surface area contributed by atoms with E-state index in [4.69, 9.17) is 15.3 Å². The molecule has 2 unspecified atom stereocenters. The molecular formula is C8H18N2O6. The predicted molar refractivity (Wildman–Crippen MR) is 54.9 cm³/mol.